The van der Waals surface area contributed by atoms with Crippen LogP contribution in [0.3, 0.4) is 0 Å². The van der Waals surface area contributed by atoms with E-state index in [1.54, 1.807) is 0 Å². The van der Waals surface area contributed by atoms with Crippen LogP contribution in [0.4, 0.5) is 0 Å². The maximum atomic E-state index is 12.6. The summed E-state index contributed by atoms with van der Waals surface area (Å²) in [4.78, 5) is 14.5. The van der Waals surface area contributed by atoms with Crippen LogP contribution in [0.5, 0.6) is 0 Å². The minimum atomic E-state index is -0.275. The number of thioether (sulfide) groups is 1. The number of rotatable bonds is 6. The Bertz CT molecular complexity index is 252. The average Bonchev–Trinajstić information content (AvgIpc) is 2.83. The lowest BCUT2D eigenvalue weighted by Crippen LogP contribution is -2.55. The summed E-state index contributed by atoms with van der Waals surface area (Å²) in [5.41, 5.74) is -0.275. The SMILES string of the molecule is CCC1(C(=O)N(C)C(C)CCSC)CCCN1. The van der Waals surface area contributed by atoms with Gasteiger partial charge in [0.2, 0.25) is 5.91 Å². The van der Waals surface area contributed by atoms with Gasteiger partial charge in [0.25, 0.3) is 0 Å². The van der Waals surface area contributed by atoms with Gasteiger partial charge in [0, 0.05) is 13.1 Å². The van der Waals surface area contributed by atoms with Crippen LogP contribution in [0.25, 0.3) is 0 Å². The minimum absolute atomic E-state index is 0.275. The summed E-state index contributed by atoms with van der Waals surface area (Å²) in [5.74, 6) is 1.40. The third-order valence-electron chi connectivity index (χ3n) is 3.98. The van der Waals surface area contributed by atoms with Gasteiger partial charge in [0.15, 0.2) is 0 Å². The predicted molar refractivity (Wildman–Crippen MR) is 75.5 cm³/mol. The van der Waals surface area contributed by atoms with Gasteiger partial charge in [-0.15, -0.1) is 0 Å². The molecule has 0 bridgehead atoms. The fourth-order valence-corrected chi connectivity index (χ4v) is 3.04. The van der Waals surface area contributed by atoms with Crippen LogP contribution in [0.1, 0.15) is 39.5 Å². The smallest absolute Gasteiger partial charge is 0.242 e. The lowest BCUT2D eigenvalue weighted by molar-refractivity contribution is -0.138. The Morgan fingerprint density at radius 2 is 2.29 bits per heavy atom. The quantitative estimate of drug-likeness (QED) is 0.792. The van der Waals surface area contributed by atoms with Crippen molar-refractivity contribution < 1.29 is 4.79 Å². The molecule has 0 aromatic heterocycles. The summed E-state index contributed by atoms with van der Waals surface area (Å²) >= 11 is 1.84. The fraction of sp³-hybridized carbons (Fsp3) is 0.923. The Morgan fingerprint density at radius 1 is 1.59 bits per heavy atom. The summed E-state index contributed by atoms with van der Waals surface area (Å²) in [5, 5.41) is 3.42. The van der Waals surface area contributed by atoms with Gasteiger partial charge in [-0.25, -0.2) is 0 Å². The molecule has 100 valence electrons. The zero-order valence-electron chi connectivity index (χ0n) is 11.6. The normalized spacial score (nSPS) is 25.9. The molecule has 1 N–H and O–H groups in total. The van der Waals surface area contributed by atoms with Crippen LogP contribution in [-0.4, -0.2) is 48.0 Å². The van der Waals surface area contributed by atoms with Crippen molar-refractivity contribution in [1.29, 1.82) is 0 Å². The molecule has 1 saturated heterocycles. The average molecular weight is 258 g/mol. The highest BCUT2D eigenvalue weighted by Gasteiger charge is 2.41. The van der Waals surface area contributed by atoms with E-state index in [0.717, 1.165) is 38.0 Å². The van der Waals surface area contributed by atoms with E-state index in [1.165, 1.54) is 0 Å². The van der Waals surface area contributed by atoms with Crippen molar-refractivity contribution in [3.63, 3.8) is 0 Å². The molecule has 1 heterocycles. The Hall–Kier alpha value is -0.220. The van der Waals surface area contributed by atoms with E-state index in [0.29, 0.717) is 6.04 Å². The van der Waals surface area contributed by atoms with E-state index in [9.17, 15) is 4.79 Å². The lowest BCUT2D eigenvalue weighted by Gasteiger charge is -2.35. The second-order valence-electron chi connectivity index (χ2n) is 5.01. The number of hydrogen-bond donors (Lipinski definition) is 1. The fourth-order valence-electron chi connectivity index (χ4n) is 2.46. The van der Waals surface area contributed by atoms with Crippen LogP contribution < -0.4 is 5.32 Å². The summed E-state index contributed by atoms with van der Waals surface area (Å²) in [6, 6.07) is 0.334. The number of likely N-dealkylation sites (N-methyl/N-ethyl adjacent to an activating group) is 1. The Kier molecular flexibility index (Phi) is 5.80. The number of nitrogens with one attached hydrogen (secondary N) is 1. The highest BCUT2D eigenvalue weighted by Crippen LogP contribution is 2.26. The second-order valence-corrected chi connectivity index (χ2v) is 6.00. The molecule has 3 nitrogen and oxygen atoms in total. The molecule has 0 saturated carbocycles. The van der Waals surface area contributed by atoms with E-state index in [1.807, 2.05) is 23.7 Å². The molecule has 17 heavy (non-hydrogen) atoms. The molecule has 0 spiro atoms. The third kappa shape index (κ3) is 3.38. The Labute approximate surface area is 110 Å². The molecule has 0 aliphatic carbocycles. The first-order valence-electron chi connectivity index (χ1n) is 6.58. The van der Waals surface area contributed by atoms with E-state index in [-0.39, 0.29) is 11.4 Å². The number of carbonyl (C=O) groups excluding carboxylic acids is 1. The molecule has 0 radical (unpaired) electrons. The summed E-state index contributed by atoms with van der Waals surface area (Å²) < 4.78 is 0. The van der Waals surface area contributed by atoms with Gasteiger partial charge in [-0.1, -0.05) is 6.92 Å². The molecule has 1 rings (SSSR count). The maximum Gasteiger partial charge on any atom is 0.242 e. The molecule has 2 atom stereocenters. The van der Waals surface area contributed by atoms with Crippen molar-refractivity contribution >= 4 is 17.7 Å². The molecule has 1 aliphatic heterocycles. The number of amides is 1. The Balaban J connectivity index is 2.61. The summed E-state index contributed by atoms with van der Waals surface area (Å²) in [6.45, 7) is 5.23. The second kappa shape index (κ2) is 6.64. The van der Waals surface area contributed by atoms with E-state index < -0.39 is 0 Å². The molecule has 0 aromatic carbocycles. The Morgan fingerprint density at radius 3 is 2.76 bits per heavy atom. The van der Waals surface area contributed by atoms with Crippen molar-refractivity contribution in [2.45, 2.75) is 51.1 Å². The molecule has 0 aromatic rings. The van der Waals surface area contributed by atoms with Crippen LogP contribution in [-0.2, 0) is 4.79 Å². The van der Waals surface area contributed by atoms with Gasteiger partial charge in [-0.05, 0) is 51.2 Å². The lowest BCUT2D eigenvalue weighted by atomic mass is 9.92. The molecule has 1 amide bonds. The zero-order valence-corrected chi connectivity index (χ0v) is 12.4. The van der Waals surface area contributed by atoms with E-state index in [2.05, 4.69) is 25.4 Å². The van der Waals surface area contributed by atoms with Crippen molar-refractivity contribution in [3.8, 4) is 0 Å². The third-order valence-corrected chi connectivity index (χ3v) is 4.62. The van der Waals surface area contributed by atoms with E-state index in [4.69, 9.17) is 0 Å². The van der Waals surface area contributed by atoms with Gasteiger partial charge in [0.1, 0.15) is 0 Å². The van der Waals surface area contributed by atoms with Gasteiger partial charge in [-0.3, -0.25) is 4.79 Å². The first kappa shape index (κ1) is 14.8. The van der Waals surface area contributed by atoms with Gasteiger partial charge in [0.05, 0.1) is 5.54 Å². The number of hydrogen-bond acceptors (Lipinski definition) is 3. The van der Waals surface area contributed by atoms with Crippen LogP contribution >= 0.6 is 11.8 Å². The molecule has 1 fully saturated rings. The standard InChI is InChI=1S/C13H26N2OS/c1-5-13(8-6-9-14-13)12(16)15(3)11(2)7-10-17-4/h11,14H,5-10H2,1-4H3. The van der Waals surface area contributed by atoms with Crippen molar-refractivity contribution in [2.75, 3.05) is 25.6 Å². The number of nitrogens with zero attached hydrogens (tertiary/aromatic N) is 1. The van der Waals surface area contributed by atoms with Gasteiger partial charge < -0.3 is 10.2 Å². The molecule has 1 aliphatic rings. The highest BCUT2D eigenvalue weighted by molar-refractivity contribution is 7.98. The van der Waals surface area contributed by atoms with Crippen molar-refractivity contribution in [2.24, 2.45) is 0 Å². The topological polar surface area (TPSA) is 32.3 Å². The van der Waals surface area contributed by atoms with Crippen molar-refractivity contribution in [1.82, 2.24) is 10.2 Å². The largest absolute Gasteiger partial charge is 0.341 e. The first-order valence-corrected chi connectivity index (χ1v) is 7.98. The highest BCUT2D eigenvalue weighted by atomic mass is 32.2. The summed E-state index contributed by atoms with van der Waals surface area (Å²) in [7, 11) is 1.95. The van der Waals surface area contributed by atoms with Gasteiger partial charge >= 0.3 is 0 Å². The van der Waals surface area contributed by atoms with Crippen LogP contribution in [0.15, 0.2) is 0 Å². The predicted octanol–water partition coefficient (Wildman–Crippen LogP) is 2.12. The molecule has 4 heteroatoms. The summed E-state index contributed by atoms with van der Waals surface area (Å²) in [6.07, 6.45) is 6.18. The van der Waals surface area contributed by atoms with Crippen molar-refractivity contribution in [3.05, 3.63) is 0 Å². The van der Waals surface area contributed by atoms with Crippen LogP contribution in [0, 0.1) is 0 Å². The molecule has 2 unspecified atom stereocenters. The monoisotopic (exact) mass is 258 g/mol. The molecular weight excluding hydrogens is 232 g/mol. The maximum absolute atomic E-state index is 12.6. The van der Waals surface area contributed by atoms with Gasteiger partial charge in [-0.2, -0.15) is 11.8 Å². The first-order chi connectivity index (χ1) is 8.07. The minimum Gasteiger partial charge on any atom is -0.341 e. The number of carbonyl (C=O) groups is 1. The zero-order chi connectivity index (χ0) is 12.9. The van der Waals surface area contributed by atoms with Crippen LogP contribution in [0.2, 0.25) is 0 Å². The van der Waals surface area contributed by atoms with E-state index >= 15 is 0 Å². The molecular formula is C13H26N2OS.